The first-order chi connectivity index (χ1) is 16.5. The maximum Gasteiger partial charge on any atom is 0.422 e. The third-order valence-corrected chi connectivity index (χ3v) is 4.47. The maximum atomic E-state index is 14.2. The number of carbonyl (C=O) groups is 1. The van der Waals surface area contributed by atoms with Crippen LogP contribution in [0.1, 0.15) is 40.5 Å². The Balaban J connectivity index is 1.72. The molecule has 11 heteroatoms. The van der Waals surface area contributed by atoms with Crippen LogP contribution in [0.3, 0.4) is 0 Å². The van der Waals surface area contributed by atoms with E-state index in [1.54, 1.807) is 0 Å². The highest BCUT2D eigenvalue weighted by atomic mass is 19.4. The lowest BCUT2D eigenvalue weighted by atomic mass is 10.1. The van der Waals surface area contributed by atoms with Crippen LogP contribution in [0.4, 0.5) is 30.7 Å². The van der Waals surface area contributed by atoms with Crippen LogP contribution in [0.5, 0.6) is 11.5 Å². The molecule has 0 saturated heterocycles. The predicted octanol–water partition coefficient (Wildman–Crippen LogP) is 6.84. The van der Waals surface area contributed by atoms with Crippen molar-refractivity contribution in [2.24, 2.45) is 0 Å². The Morgan fingerprint density at radius 3 is 2.03 bits per heavy atom. The van der Waals surface area contributed by atoms with Gasteiger partial charge in [-0.25, -0.2) is 27.3 Å². The first-order valence-electron chi connectivity index (χ1n) is 10.0. The Morgan fingerprint density at radius 1 is 0.914 bits per heavy atom. The van der Waals surface area contributed by atoms with Crippen LogP contribution in [0.15, 0.2) is 42.6 Å². The number of hydrogen-bond donors (Lipinski definition) is 0. The van der Waals surface area contributed by atoms with Crippen LogP contribution in [0.2, 0.25) is 0 Å². The molecule has 3 rings (SSSR count). The zero-order valence-corrected chi connectivity index (χ0v) is 17.9. The van der Waals surface area contributed by atoms with Crippen LogP contribution >= 0.6 is 0 Å². The maximum absolute atomic E-state index is 14.2. The summed E-state index contributed by atoms with van der Waals surface area (Å²) < 4.78 is 103. The van der Waals surface area contributed by atoms with Crippen molar-refractivity contribution in [3.8, 4) is 11.5 Å². The second kappa shape index (κ2) is 10.6. The number of alkyl halides is 3. The minimum absolute atomic E-state index is 0.0522. The molecule has 0 unspecified atom stereocenters. The minimum atomic E-state index is -5.27. The highest BCUT2D eigenvalue weighted by molar-refractivity contribution is 5.89. The van der Waals surface area contributed by atoms with E-state index in [9.17, 15) is 35.5 Å². The smallest absolute Gasteiger partial charge is 0.422 e. The van der Waals surface area contributed by atoms with Crippen molar-refractivity contribution in [2.45, 2.75) is 19.5 Å². The molecule has 0 fully saturated rings. The number of carbonyl (C=O) groups excluding carboxylic acids is 1. The molecule has 3 aromatic rings. The van der Waals surface area contributed by atoms with Crippen LogP contribution in [-0.2, 0) is 6.18 Å². The first kappa shape index (κ1) is 25.7. The van der Waals surface area contributed by atoms with Crippen molar-refractivity contribution in [3.05, 3.63) is 88.2 Å². The molecule has 0 amide bonds. The quantitative estimate of drug-likeness (QED) is 0.203. The molecule has 4 nitrogen and oxygen atoms in total. The molecule has 2 aromatic carbocycles. The summed E-state index contributed by atoms with van der Waals surface area (Å²) >= 11 is 0. The highest BCUT2D eigenvalue weighted by Gasteiger charge is 2.38. The van der Waals surface area contributed by atoms with Gasteiger partial charge in [-0.3, -0.25) is 0 Å². The SMILES string of the molecule is CCCOc1cc(F)c(C=Cc2ccc(C(=O)Oc3cc(F)c(C(F)(F)F)c(F)c3)nc2)c(F)c1. The van der Waals surface area contributed by atoms with Crippen LogP contribution in [0, 0.1) is 23.3 Å². The molecular weight excluding hydrogens is 483 g/mol. The van der Waals surface area contributed by atoms with Gasteiger partial charge in [0.1, 0.15) is 46.0 Å². The molecule has 0 radical (unpaired) electrons. The molecule has 0 saturated carbocycles. The molecule has 0 aliphatic carbocycles. The van der Waals surface area contributed by atoms with E-state index in [1.807, 2.05) is 6.92 Å². The van der Waals surface area contributed by atoms with E-state index in [1.165, 1.54) is 12.1 Å². The van der Waals surface area contributed by atoms with Crippen molar-refractivity contribution in [1.82, 2.24) is 4.98 Å². The lowest BCUT2D eigenvalue weighted by Gasteiger charge is -2.11. The number of esters is 1. The third kappa shape index (κ3) is 6.37. The van der Waals surface area contributed by atoms with Gasteiger partial charge in [0.2, 0.25) is 0 Å². The van der Waals surface area contributed by atoms with Crippen molar-refractivity contribution >= 4 is 18.1 Å². The molecule has 1 aromatic heterocycles. The molecule has 184 valence electrons. The number of benzene rings is 2. The summed E-state index contributed by atoms with van der Waals surface area (Å²) in [7, 11) is 0. The van der Waals surface area contributed by atoms with Gasteiger partial charge < -0.3 is 9.47 Å². The van der Waals surface area contributed by atoms with Gasteiger partial charge in [-0.1, -0.05) is 19.1 Å². The fraction of sp³-hybridized carbons (Fsp3) is 0.167. The summed E-state index contributed by atoms with van der Waals surface area (Å²) in [6, 6.07) is 5.02. The summed E-state index contributed by atoms with van der Waals surface area (Å²) in [4.78, 5) is 15.9. The Hall–Kier alpha value is -3.89. The zero-order valence-electron chi connectivity index (χ0n) is 17.9. The van der Waals surface area contributed by atoms with Crippen LogP contribution < -0.4 is 9.47 Å². The number of nitrogens with zero attached hydrogens (tertiary/aromatic N) is 1. The summed E-state index contributed by atoms with van der Waals surface area (Å²) in [5.74, 6) is -7.53. The Morgan fingerprint density at radius 2 is 1.51 bits per heavy atom. The molecule has 35 heavy (non-hydrogen) atoms. The second-order valence-electron chi connectivity index (χ2n) is 7.11. The molecule has 0 aliphatic rings. The predicted molar refractivity (Wildman–Crippen MR) is 112 cm³/mol. The van der Waals surface area contributed by atoms with Gasteiger partial charge in [0.25, 0.3) is 0 Å². The summed E-state index contributed by atoms with van der Waals surface area (Å²) in [5, 5.41) is 0. The standard InChI is InChI=1S/C24H16F7NO3/c1-2-7-34-14-8-17(25)16(18(26)9-14)5-3-13-4-6-21(32-12-13)23(33)35-15-10-19(27)22(20(28)11-15)24(29,30)31/h3-6,8-12H,2,7H2,1H3. The monoisotopic (exact) mass is 499 g/mol. The van der Waals surface area contributed by atoms with E-state index in [0.717, 1.165) is 30.5 Å². The number of halogens is 7. The average molecular weight is 499 g/mol. The molecule has 0 N–H and O–H groups in total. The van der Waals surface area contributed by atoms with E-state index in [2.05, 4.69) is 4.98 Å². The summed E-state index contributed by atoms with van der Waals surface area (Å²) in [6.07, 6.45) is -0.985. The van der Waals surface area contributed by atoms with Crippen LogP contribution in [-0.4, -0.2) is 17.6 Å². The number of aromatic nitrogens is 1. The molecule has 0 aliphatic heterocycles. The minimum Gasteiger partial charge on any atom is -0.493 e. The van der Waals surface area contributed by atoms with E-state index >= 15 is 0 Å². The number of ether oxygens (including phenoxy) is 2. The second-order valence-corrected chi connectivity index (χ2v) is 7.11. The van der Waals surface area contributed by atoms with Crippen molar-refractivity contribution in [3.63, 3.8) is 0 Å². The lowest BCUT2D eigenvalue weighted by Crippen LogP contribution is -2.14. The summed E-state index contributed by atoms with van der Waals surface area (Å²) in [6.45, 7) is 2.15. The molecule has 1 heterocycles. The van der Waals surface area contributed by atoms with E-state index in [0.29, 0.717) is 18.6 Å². The van der Waals surface area contributed by atoms with Gasteiger partial charge in [-0.2, -0.15) is 13.2 Å². The van der Waals surface area contributed by atoms with Gasteiger partial charge >= 0.3 is 12.1 Å². The van der Waals surface area contributed by atoms with Gasteiger partial charge in [0.05, 0.1) is 6.61 Å². The zero-order chi connectivity index (χ0) is 25.8. The Labute approximate surface area is 194 Å². The molecule has 0 bridgehead atoms. The highest BCUT2D eigenvalue weighted by Crippen LogP contribution is 2.35. The Kier molecular flexibility index (Phi) is 7.78. The van der Waals surface area contributed by atoms with Gasteiger partial charge in [-0.05, 0) is 24.1 Å². The first-order valence-corrected chi connectivity index (χ1v) is 10.0. The fourth-order valence-electron chi connectivity index (χ4n) is 2.87. The molecular formula is C24H16F7NO3. The van der Waals surface area contributed by atoms with E-state index in [-0.39, 0.29) is 29.1 Å². The fourth-order valence-corrected chi connectivity index (χ4v) is 2.87. The largest absolute Gasteiger partial charge is 0.493 e. The number of hydrogen-bond acceptors (Lipinski definition) is 4. The average Bonchev–Trinajstić information content (AvgIpc) is 2.76. The Bertz CT molecular complexity index is 1210. The van der Waals surface area contributed by atoms with E-state index < -0.39 is 46.7 Å². The van der Waals surface area contributed by atoms with Crippen LogP contribution in [0.25, 0.3) is 12.2 Å². The lowest BCUT2D eigenvalue weighted by molar-refractivity contribution is -0.142. The molecule has 0 spiro atoms. The molecule has 0 atom stereocenters. The normalized spacial score (nSPS) is 11.7. The number of pyridine rings is 1. The van der Waals surface area contributed by atoms with Gasteiger partial charge in [0.15, 0.2) is 0 Å². The van der Waals surface area contributed by atoms with Crippen molar-refractivity contribution in [2.75, 3.05) is 6.61 Å². The van der Waals surface area contributed by atoms with Crippen molar-refractivity contribution in [1.29, 1.82) is 0 Å². The van der Waals surface area contributed by atoms with Gasteiger partial charge in [0, 0.05) is 36.0 Å². The van der Waals surface area contributed by atoms with Gasteiger partial charge in [-0.15, -0.1) is 0 Å². The summed E-state index contributed by atoms with van der Waals surface area (Å²) in [5.41, 5.74) is -2.44. The van der Waals surface area contributed by atoms with E-state index in [4.69, 9.17) is 9.47 Å². The van der Waals surface area contributed by atoms with Crippen molar-refractivity contribution < 1.29 is 45.0 Å². The third-order valence-electron chi connectivity index (χ3n) is 4.47. The number of rotatable bonds is 7. The topological polar surface area (TPSA) is 48.4 Å².